The molecular formula is C45H56O5S2. The summed E-state index contributed by atoms with van der Waals surface area (Å²) < 4.78 is 47.3. The van der Waals surface area contributed by atoms with Crippen LogP contribution in [0.5, 0.6) is 11.5 Å². The van der Waals surface area contributed by atoms with Crippen molar-refractivity contribution < 1.29 is 22.4 Å². The minimum Gasteiger partial charge on any atom is -0.493 e. The number of allylic oxidation sites excluding steroid dienone is 4. The third-order valence-electron chi connectivity index (χ3n) is 10.4. The van der Waals surface area contributed by atoms with E-state index in [0.717, 1.165) is 30.6 Å². The lowest BCUT2D eigenvalue weighted by Gasteiger charge is -2.40. The van der Waals surface area contributed by atoms with Gasteiger partial charge >= 0.3 is 0 Å². The Bertz CT molecular complexity index is 1920. The van der Waals surface area contributed by atoms with Crippen LogP contribution in [-0.4, -0.2) is 32.4 Å². The molecule has 5 nitrogen and oxygen atoms in total. The minimum atomic E-state index is -4.45. The van der Waals surface area contributed by atoms with E-state index >= 15 is 0 Å². The summed E-state index contributed by atoms with van der Waals surface area (Å²) in [7, 11) is -5.94. The molecule has 0 heterocycles. The van der Waals surface area contributed by atoms with Crippen LogP contribution in [0.4, 0.5) is 0 Å². The zero-order valence-corrected chi connectivity index (χ0v) is 33.5. The highest BCUT2D eigenvalue weighted by atomic mass is 32.3. The second kappa shape index (κ2) is 16.5. The molecule has 5 rings (SSSR count). The topological polar surface area (TPSA) is 72.8 Å². The molecule has 1 aliphatic carbocycles. The fourth-order valence-corrected chi connectivity index (χ4v) is 10.9. The summed E-state index contributed by atoms with van der Waals surface area (Å²) in [4.78, 5) is 3.77. The first-order valence-electron chi connectivity index (χ1n) is 18.4. The number of hydrogen-bond donors (Lipinski definition) is 1. The average Bonchev–Trinajstić information content (AvgIpc) is 3.13. The van der Waals surface area contributed by atoms with E-state index in [4.69, 9.17) is 9.47 Å². The molecule has 0 fully saturated rings. The van der Waals surface area contributed by atoms with Crippen molar-refractivity contribution in [1.82, 2.24) is 0 Å². The maximum atomic E-state index is 12.5. The fraction of sp³-hybridized carbons (Fsp3) is 0.378. The number of ether oxygens (including phenoxy) is 2. The summed E-state index contributed by atoms with van der Waals surface area (Å²) in [5.41, 5.74) is 3.11. The Kier molecular flexibility index (Phi) is 12.5. The standard InChI is InChI=1S/C45H56O5S2/c1-8-45(5,6)42(33-44(2,3)4)35-20-24-36(25-21-35)49-30-15-31-50-37-26-29-43(52(46,47)48)41(32-37)34-22-27-40(28-23-34)51(7,38-16-11-9-12-17-38)39-18-13-10-14-19-39/h9-14,16-22,24-27,29,32,42H,8,15,23,28,30-31,33H2,1-7H3,(H,46,47,48). The summed E-state index contributed by atoms with van der Waals surface area (Å²) in [6, 6.07) is 34.5. The summed E-state index contributed by atoms with van der Waals surface area (Å²) >= 11 is 0. The second-order valence-electron chi connectivity index (χ2n) is 15.8. The van der Waals surface area contributed by atoms with Gasteiger partial charge in [-0.3, -0.25) is 4.55 Å². The molecule has 0 saturated heterocycles. The zero-order chi connectivity index (χ0) is 37.6. The predicted molar refractivity (Wildman–Crippen MR) is 217 cm³/mol. The highest BCUT2D eigenvalue weighted by Gasteiger charge is 2.33. The second-order valence-corrected chi connectivity index (χ2v) is 20.5. The fourth-order valence-electron chi connectivity index (χ4n) is 7.02. The third kappa shape index (κ3) is 9.60. The smallest absolute Gasteiger partial charge is 0.295 e. The van der Waals surface area contributed by atoms with Gasteiger partial charge in [0.2, 0.25) is 0 Å². The predicted octanol–water partition coefficient (Wildman–Crippen LogP) is 12.4. The monoisotopic (exact) mass is 740 g/mol. The largest absolute Gasteiger partial charge is 0.493 e. The van der Waals surface area contributed by atoms with E-state index in [1.807, 2.05) is 18.2 Å². The minimum absolute atomic E-state index is 0.108. The molecule has 4 aromatic rings. The van der Waals surface area contributed by atoms with Gasteiger partial charge in [0.25, 0.3) is 10.1 Å². The normalized spacial score (nSPS) is 15.0. The van der Waals surface area contributed by atoms with E-state index in [1.165, 1.54) is 26.3 Å². The van der Waals surface area contributed by atoms with Crippen LogP contribution in [0.15, 0.2) is 135 Å². The van der Waals surface area contributed by atoms with Gasteiger partial charge in [-0.25, -0.2) is 0 Å². The van der Waals surface area contributed by atoms with Gasteiger partial charge < -0.3 is 9.47 Å². The van der Waals surface area contributed by atoms with E-state index in [2.05, 4.69) is 127 Å². The van der Waals surface area contributed by atoms with Crippen molar-refractivity contribution in [3.05, 3.63) is 131 Å². The van der Waals surface area contributed by atoms with Gasteiger partial charge in [-0.2, -0.15) is 18.4 Å². The van der Waals surface area contributed by atoms with Gasteiger partial charge in [-0.1, -0.05) is 109 Å². The maximum Gasteiger partial charge on any atom is 0.295 e. The van der Waals surface area contributed by atoms with Gasteiger partial charge in [0.1, 0.15) is 16.4 Å². The third-order valence-corrected chi connectivity index (χ3v) is 15.2. The molecule has 1 N–H and O–H groups in total. The summed E-state index contributed by atoms with van der Waals surface area (Å²) in [5.74, 6) is 1.85. The molecule has 0 radical (unpaired) electrons. The van der Waals surface area contributed by atoms with Crippen molar-refractivity contribution in [3.8, 4) is 11.5 Å². The Morgan fingerprint density at radius 2 is 1.29 bits per heavy atom. The molecule has 1 aliphatic rings. The van der Waals surface area contributed by atoms with Crippen LogP contribution in [0.1, 0.15) is 90.7 Å². The lowest BCUT2D eigenvalue weighted by atomic mass is 9.67. The quantitative estimate of drug-likeness (QED) is 0.0970. The van der Waals surface area contributed by atoms with E-state index in [9.17, 15) is 13.0 Å². The van der Waals surface area contributed by atoms with Crippen LogP contribution in [-0.2, 0) is 10.1 Å². The molecule has 0 amide bonds. The first-order valence-corrected chi connectivity index (χ1v) is 21.9. The molecule has 1 unspecified atom stereocenters. The maximum absolute atomic E-state index is 12.5. The van der Waals surface area contributed by atoms with Gasteiger partial charge in [0.05, 0.1) is 13.2 Å². The van der Waals surface area contributed by atoms with E-state index in [1.54, 1.807) is 12.1 Å². The van der Waals surface area contributed by atoms with E-state index in [0.29, 0.717) is 43.3 Å². The van der Waals surface area contributed by atoms with Crippen molar-refractivity contribution in [2.24, 2.45) is 10.8 Å². The van der Waals surface area contributed by atoms with E-state index < -0.39 is 20.1 Å². The molecule has 0 spiro atoms. The van der Waals surface area contributed by atoms with Crippen LogP contribution in [0, 0.1) is 10.8 Å². The van der Waals surface area contributed by atoms with Crippen molar-refractivity contribution in [2.45, 2.75) is 94.3 Å². The average molecular weight is 741 g/mol. The van der Waals surface area contributed by atoms with Gasteiger partial charge in [0, 0.05) is 12.0 Å². The van der Waals surface area contributed by atoms with Gasteiger partial charge in [0.15, 0.2) is 0 Å². The highest BCUT2D eigenvalue weighted by Crippen LogP contribution is 2.67. The van der Waals surface area contributed by atoms with Crippen molar-refractivity contribution >= 4 is 25.7 Å². The molecule has 0 bridgehead atoms. The Hall–Kier alpha value is -3.78. The summed E-state index contributed by atoms with van der Waals surface area (Å²) in [6.45, 7) is 14.8. The SMILES string of the molecule is CCC(C)(C)C(CC(C)(C)C)c1ccc(OCCCOc2ccc(S(=O)(=O)O)c(C3=CC=C(S(C)(c4ccccc4)c4ccccc4)CC3)c2)cc1. The molecule has 52 heavy (non-hydrogen) atoms. The van der Waals surface area contributed by atoms with Gasteiger partial charge in [-0.15, -0.1) is 0 Å². The molecule has 278 valence electrons. The molecular weight excluding hydrogens is 685 g/mol. The number of rotatable bonds is 15. The first-order chi connectivity index (χ1) is 24.6. The Morgan fingerprint density at radius 1 is 0.731 bits per heavy atom. The summed E-state index contributed by atoms with van der Waals surface area (Å²) in [5, 5.41) is 0. The van der Waals surface area contributed by atoms with Crippen LogP contribution in [0.25, 0.3) is 5.57 Å². The lowest BCUT2D eigenvalue weighted by Crippen LogP contribution is -2.25. The number of benzene rings is 4. The molecule has 0 saturated carbocycles. The zero-order valence-electron chi connectivity index (χ0n) is 31.9. The van der Waals surface area contributed by atoms with Crippen molar-refractivity contribution in [3.63, 3.8) is 0 Å². The van der Waals surface area contributed by atoms with Crippen LogP contribution in [0.3, 0.4) is 0 Å². The van der Waals surface area contributed by atoms with Crippen LogP contribution < -0.4 is 9.47 Å². The van der Waals surface area contributed by atoms with Gasteiger partial charge in [-0.05, 0) is 123 Å². The van der Waals surface area contributed by atoms with Crippen molar-refractivity contribution in [1.29, 1.82) is 0 Å². The highest BCUT2D eigenvalue weighted by molar-refractivity contribution is 8.36. The van der Waals surface area contributed by atoms with E-state index in [-0.39, 0.29) is 15.7 Å². The Balaban J connectivity index is 1.27. The Labute approximate surface area is 314 Å². The Morgan fingerprint density at radius 3 is 1.79 bits per heavy atom. The lowest BCUT2D eigenvalue weighted by molar-refractivity contribution is 0.203. The molecule has 4 aromatic carbocycles. The van der Waals surface area contributed by atoms with Crippen molar-refractivity contribution in [2.75, 3.05) is 19.5 Å². The number of hydrogen-bond acceptors (Lipinski definition) is 4. The summed E-state index contributed by atoms with van der Waals surface area (Å²) in [6.07, 6.45) is 10.8. The molecule has 7 heteroatoms. The van der Waals surface area contributed by atoms with Crippen LogP contribution >= 0.6 is 10.0 Å². The molecule has 0 aromatic heterocycles. The molecule has 0 aliphatic heterocycles. The first kappa shape index (κ1) is 39.4. The van der Waals surface area contributed by atoms with Crippen LogP contribution in [0.2, 0.25) is 0 Å². The molecule has 1 atom stereocenters.